The van der Waals surface area contributed by atoms with Gasteiger partial charge in [-0.05, 0) is 37.4 Å². The number of rotatable bonds is 5. The largest absolute Gasteiger partial charge is 0.375 e. The molecule has 1 aromatic carbocycles. The van der Waals surface area contributed by atoms with Gasteiger partial charge in [0.2, 0.25) is 0 Å². The highest BCUT2D eigenvalue weighted by atomic mass is 16.5. The van der Waals surface area contributed by atoms with Crippen LogP contribution >= 0.6 is 0 Å². The van der Waals surface area contributed by atoms with E-state index >= 15 is 0 Å². The molecular formula is C19H29N3O2. The molecule has 0 radical (unpaired) electrons. The number of nitrogens with one attached hydrogen (secondary N) is 1. The monoisotopic (exact) mass is 331 g/mol. The van der Waals surface area contributed by atoms with Crippen molar-refractivity contribution in [2.75, 3.05) is 33.3 Å². The van der Waals surface area contributed by atoms with E-state index in [-0.39, 0.29) is 24.2 Å². The average molecular weight is 331 g/mol. The van der Waals surface area contributed by atoms with Crippen LogP contribution in [0.2, 0.25) is 0 Å². The first kappa shape index (κ1) is 17.2. The number of likely N-dealkylation sites (tertiary alicyclic amines) is 1. The molecule has 132 valence electrons. The summed E-state index contributed by atoms with van der Waals surface area (Å²) in [5.41, 5.74) is 2.74. The summed E-state index contributed by atoms with van der Waals surface area (Å²) >= 11 is 0. The van der Waals surface area contributed by atoms with Gasteiger partial charge in [0.05, 0.1) is 12.1 Å². The molecule has 24 heavy (non-hydrogen) atoms. The average Bonchev–Trinajstić information content (AvgIpc) is 3.18. The summed E-state index contributed by atoms with van der Waals surface area (Å²) in [6.07, 6.45) is 1.98. The lowest BCUT2D eigenvalue weighted by Crippen LogP contribution is -2.51. The van der Waals surface area contributed by atoms with Gasteiger partial charge in [-0.2, -0.15) is 0 Å². The predicted molar refractivity (Wildman–Crippen MR) is 95.2 cm³/mol. The fourth-order valence-corrected chi connectivity index (χ4v) is 3.87. The minimum Gasteiger partial charge on any atom is -0.375 e. The summed E-state index contributed by atoms with van der Waals surface area (Å²) in [5, 5.41) is 3.20. The number of likely N-dealkylation sites (N-methyl/N-ethyl adjacent to an activating group) is 2. The van der Waals surface area contributed by atoms with E-state index in [1.165, 1.54) is 11.1 Å². The molecule has 1 aromatic rings. The summed E-state index contributed by atoms with van der Waals surface area (Å²) in [6, 6.07) is 8.82. The zero-order valence-electron chi connectivity index (χ0n) is 15.0. The topological polar surface area (TPSA) is 44.8 Å². The zero-order chi connectivity index (χ0) is 17.1. The van der Waals surface area contributed by atoms with E-state index in [0.717, 1.165) is 32.5 Å². The summed E-state index contributed by atoms with van der Waals surface area (Å²) in [4.78, 5) is 16.9. The summed E-state index contributed by atoms with van der Waals surface area (Å²) in [7, 11) is 1.91. The Kier molecular flexibility index (Phi) is 5.41. The molecule has 0 spiro atoms. The lowest BCUT2D eigenvalue weighted by molar-refractivity contribution is 0.0538. The minimum atomic E-state index is 0.0143. The molecule has 1 aliphatic heterocycles. The van der Waals surface area contributed by atoms with E-state index in [1.54, 1.807) is 0 Å². The van der Waals surface area contributed by atoms with Gasteiger partial charge < -0.3 is 15.0 Å². The Morgan fingerprint density at radius 3 is 2.50 bits per heavy atom. The SMILES string of the molecule is CCO[C@H]1CN(CC)C[C@@H]1NC(=O)N(C)C1Cc2ccccc2C1. The molecular weight excluding hydrogens is 302 g/mol. The lowest BCUT2D eigenvalue weighted by Gasteiger charge is -2.28. The number of hydrogen-bond donors (Lipinski definition) is 1. The van der Waals surface area contributed by atoms with Gasteiger partial charge in [0, 0.05) is 32.8 Å². The first-order valence-electron chi connectivity index (χ1n) is 9.06. The van der Waals surface area contributed by atoms with Crippen molar-refractivity contribution >= 4 is 6.03 Å². The van der Waals surface area contributed by atoms with Crippen molar-refractivity contribution in [1.29, 1.82) is 0 Å². The van der Waals surface area contributed by atoms with Crippen LogP contribution in [0.1, 0.15) is 25.0 Å². The molecule has 2 amide bonds. The Labute approximate surface area is 145 Å². The number of amides is 2. The van der Waals surface area contributed by atoms with Crippen molar-refractivity contribution in [3.8, 4) is 0 Å². The van der Waals surface area contributed by atoms with E-state index in [9.17, 15) is 4.79 Å². The van der Waals surface area contributed by atoms with Crippen molar-refractivity contribution in [2.45, 2.75) is 44.9 Å². The molecule has 0 saturated carbocycles. The number of carbonyl (C=O) groups excluding carboxylic acids is 1. The van der Waals surface area contributed by atoms with Gasteiger partial charge in [-0.25, -0.2) is 4.79 Å². The molecule has 0 bridgehead atoms. The van der Waals surface area contributed by atoms with E-state index in [4.69, 9.17) is 4.74 Å². The third-order valence-corrected chi connectivity index (χ3v) is 5.38. The van der Waals surface area contributed by atoms with Gasteiger partial charge in [0.15, 0.2) is 0 Å². The van der Waals surface area contributed by atoms with Gasteiger partial charge in [-0.15, -0.1) is 0 Å². The normalized spacial score (nSPS) is 24.1. The van der Waals surface area contributed by atoms with Crippen molar-refractivity contribution in [3.63, 3.8) is 0 Å². The van der Waals surface area contributed by atoms with Crippen LogP contribution in [0.25, 0.3) is 0 Å². The van der Waals surface area contributed by atoms with Gasteiger partial charge in [-0.1, -0.05) is 31.2 Å². The van der Waals surface area contributed by atoms with Crippen molar-refractivity contribution in [2.24, 2.45) is 0 Å². The molecule has 1 heterocycles. The third kappa shape index (κ3) is 3.57. The quantitative estimate of drug-likeness (QED) is 0.896. The Morgan fingerprint density at radius 1 is 1.25 bits per heavy atom. The van der Waals surface area contributed by atoms with E-state index in [2.05, 4.69) is 41.4 Å². The van der Waals surface area contributed by atoms with Crippen LogP contribution in [0.5, 0.6) is 0 Å². The predicted octanol–water partition coefficient (Wildman–Crippen LogP) is 1.90. The summed E-state index contributed by atoms with van der Waals surface area (Å²) in [6.45, 7) is 7.59. The highest BCUT2D eigenvalue weighted by Gasteiger charge is 2.35. The van der Waals surface area contributed by atoms with Crippen LogP contribution < -0.4 is 5.32 Å². The molecule has 1 aliphatic carbocycles. The van der Waals surface area contributed by atoms with Crippen LogP contribution in [-0.2, 0) is 17.6 Å². The number of nitrogens with zero attached hydrogens (tertiary/aromatic N) is 2. The van der Waals surface area contributed by atoms with Gasteiger partial charge in [0.1, 0.15) is 0 Å². The van der Waals surface area contributed by atoms with Crippen LogP contribution in [0.15, 0.2) is 24.3 Å². The number of ether oxygens (including phenoxy) is 1. The molecule has 2 atom stereocenters. The van der Waals surface area contributed by atoms with Crippen LogP contribution in [0.3, 0.4) is 0 Å². The zero-order valence-corrected chi connectivity index (χ0v) is 15.0. The van der Waals surface area contributed by atoms with E-state index in [0.29, 0.717) is 6.61 Å². The van der Waals surface area contributed by atoms with Gasteiger partial charge in [-0.3, -0.25) is 4.90 Å². The van der Waals surface area contributed by atoms with E-state index in [1.807, 2.05) is 18.9 Å². The lowest BCUT2D eigenvalue weighted by atomic mass is 10.1. The molecule has 1 N–H and O–H groups in total. The summed E-state index contributed by atoms with van der Waals surface area (Å²) in [5.74, 6) is 0. The molecule has 3 rings (SSSR count). The molecule has 2 aliphatic rings. The maximum atomic E-state index is 12.7. The minimum absolute atomic E-state index is 0.0143. The first-order chi connectivity index (χ1) is 11.6. The molecule has 1 fully saturated rings. The fourth-order valence-electron chi connectivity index (χ4n) is 3.87. The second-order valence-electron chi connectivity index (χ2n) is 6.84. The molecule has 0 unspecified atom stereocenters. The van der Waals surface area contributed by atoms with Crippen LogP contribution in [-0.4, -0.2) is 67.3 Å². The molecule has 0 aromatic heterocycles. The van der Waals surface area contributed by atoms with Crippen LogP contribution in [0, 0.1) is 0 Å². The van der Waals surface area contributed by atoms with Gasteiger partial charge in [0.25, 0.3) is 0 Å². The number of urea groups is 1. The highest BCUT2D eigenvalue weighted by Crippen LogP contribution is 2.25. The third-order valence-electron chi connectivity index (χ3n) is 5.38. The number of benzene rings is 1. The van der Waals surface area contributed by atoms with Crippen molar-refractivity contribution in [3.05, 3.63) is 35.4 Å². The maximum absolute atomic E-state index is 12.7. The van der Waals surface area contributed by atoms with Crippen molar-refractivity contribution < 1.29 is 9.53 Å². The summed E-state index contributed by atoms with van der Waals surface area (Å²) < 4.78 is 5.83. The highest BCUT2D eigenvalue weighted by molar-refractivity contribution is 5.75. The molecule has 5 nitrogen and oxygen atoms in total. The Morgan fingerprint density at radius 2 is 1.92 bits per heavy atom. The standard InChI is InChI=1S/C19H29N3O2/c1-4-22-12-17(18(13-22)24-5-2)20-19(23)21(3)16-10-14-8-6-7-9-15(14)11-16/h6-9,16-18H,4-5,10-13H2,1-3H3,(H,20,23)/t17-,18-/m0/s1. The number of hydrogen-bond acceptors (Lipinski definition) is 3. The molecule has 5 heteroatoms. The fraction of sp³-hybridized carbons (Fsp3) is 0.632. The Bertz CT molecular complexity index is 552. The second kappa shape index (κ2) is 7.53. The van der Waals surface area contributed by atoms with Gasteiger partial charge >= 0.3 is 6.03 Å². The molecule has 1 saturated heterocycles. The first-order valence-corrected chi connectivity index (χ1v) is 9.06. The second-order valence-corrected chi connectivity index (χ2v) is 6.84. The van der Waals surface area contributed by atoms with Crippen molar-refractivity contribution in [1.82, 2.24) is 15.1 Å². The Hall–Kier alpha value is -1.59. The number of carbonyl (C=O) groups is 1. The Balaban J connectivity index is 1.58. The maximum Gasteiger partial charge on any atom is 0.317 e. The number of fused-ring (bicyclic) bond motifs is 1. The van der Waals surface area contributed by atoms with E-state index < -0.39 is 0 Å². The smallest absolute Gasteiger partial charge is 0.317 e. The van der Waals surface area contributed by atoms with Crippen LogP contribution in [0.4, 0.5) is 4.79 Å².